The first-order valence-corrected chi connectivity index (χ1v) is 8.53. The molecular weight excluding hydrogens is 324 g/mol. The summed E-state index contributed by atoms with van der Waals surface area (Å²) in [6, 6.07) is 10.2. The third-order valence-electron chi connectivity index (χ3n) is 3.07. The third kappa shape index (κ3) is 3.99. The van der Waals surface area contributed by atoms with E-state index in [4.69, 9.17) is 0 Å². The van der Waals surface area contributed by atoms with Crippen LogP contribution in [0.5, 0.6) is 0 Å². The lowest BCUT2D eigenvalue weighted by molar-refractivity contribution is 0.771. The molecule has 0 bridgehead atoms. The van der Waals surface area contributed by atoms with Crippen LogP contribution in [0, 0.1) is 0 Å². The normalized spacial score (nSPS) is 10.6. The van der Waals surface area contributed by atoms with Crippen LogP contribution in [0.4, 0.5) is 11.9 Å². The number of benzene rings is 1. The highest BCUT2D eigenvalue weighted by Crippen LogP contribution is 2.19. The summed E-state index contributed by atoms with van der Waals surface area (Å²) in [5.74, 6) is 2.21. The summed E-state index contributed by atoms with van der Waals surface area (Å²) >= 11 is 1.57. The lowest BCUT2D eigenvalue weighted by Crippen LogP contribution is -2.11. The van der Waals surface area contributed by atoms with Crippen LogP contribution >= 0.6 is 11.8 Å². The molecule has 2 heterocycles. The molecular formula is C15H18N8S. The summed E-state index contributed by atoms with van der Waals surface area (Å²) in [4.78, 5) is 17.2. The topological polar surface area (TPSA) is 93.4 Å². The Morgan fingerprint density at radius 2 is 1.88 bits per heavy atom. The molecule has 0 aliphatic rings. The predicted octanol–water partition coefficient (Wildman–Crippen LogP) is 2.22. The van der Waals surface area contributed by atoms with Crippen LogP contribution < -0.4 is 10.6 Å². The molecule has 0 unspecified atom stereocenters. The molecule has 0 aliphatic carbocycles. The summed E-state index contributed by atoms with van der Waals surface area (Å²) in [5, 5.41) is 11.1. The molecule has 2 N–H and O–H groups in total. The second kappa shape index (κ2) is 7.73. The van der Waals surface area contributed by atoms with E-state index in [-0.39, 0.29) is 0 Å². The first-order chi connectivity index (χ1) is 11.8. The average Bonchev–Trinajstić information content (AvgIpc) is 3.10. The molecule has 2 aromatic heterocycles. The number of anilines is 2. The quantitative estimate of drug-likeness (QED) is 0.631. The smallest absolute Gasteiger partial charge is 0.258 e. The first kappa shape index (κ1) is 16.2. The first-order valence-electron chi connectivity index (χ1n) is 7.55. The Morgan fingerprint density at radius 3 is 2.62 bits per heavy atom. The van der Waals surface area contributed by atoms with E-state index in [1.54, 1.807) is 29.8 Å². The SMILES string of the molecule is CCNc1nc(NC)nc(-n2cnc(SCc3ccccc3)n2)n1. The van der Waals surface area contributed by atoms with E-state index in [1.165, 1.54) is 5.56 Å². The van der Waals surface area contributed by atoms with Gasteiger partial charge in [-0.3, -0.25) is 0 Å². The van der Waals surface area contributed by atoms with Crippen molar-refractivity contribution >= 4 is 23.7 Å². The van der Waals surface area contributed by atoms with Gasteiger partial charge in [-0.2, -0.15) is 19.6 Å². The van der Waals surface area contributed by atoms with Crippen LogP contribution in [0.2, 0.25) is 0 Å². The van der Waals surface area contributed by atoms with Gasteiger partial charge in [-0.1, -0.05) is 42.1 Å². The van der Waals surface area contributed by atoms with E-state index in [2.05, 4.69) is 47.8 Å². The molecule has 0 aliphatic heterocycles. The average molecular weight is 342 g/mol. The number of hydrogen-bond acceptors (Lipinski definition) is 8. The highest BCUT2D eigenvalue weighted by atomic mass is 32.2. The molecule has 0 saturated heterocycles. The van der Waals surface area contributed by atoms with Gasteiger partial charge in [0.25, 0.3) is 5.95 Å². The van der Waals surface area contributed by atoms with Gasteiger partial charge in [0.15, 0.2) is 0 Å². The number of rotatable bonds is 7. The second-order valence-corrected chi connectivity index (χ2v) is 5.75. The molecule has 3 rings (SSSR count). The van der Waals surface area contributed by atoms with Crippen molar-refractivity contribution in [1.29, 1.82) is 0 Å². The Bertz CT molecular complexity index is 789. The van der Waals surface area contributed by atoms with E-state index in [0.29, 0.717) is 23.0 Å². The predicted molar refractivity (Wildman–Crippen MR) is 94.5 cm³/mol. The minimum absolute atomic E-state index is 0.421. The van der Waals surface area contributed by atoms with Crippen molar-refractivity contribution in [2.24, 2.45) is 0 Å². The summed E-state index contributed by atoms with van der Waals surface area (Å²) in [6.45, 7) is 2.71. The van der Waals surface area contributed by atoms with Gasteiger partial charge in [-0.15, -0.1) is 5.10 Å². The van der Waals surface area contributed by atoms with Crippen LogP contribution in [0.1, 0.15) is 12.5 Å². The summed E-state index contributed by atoms with van der Waals surface area (Å²) in [6.07, 6.45) is 1.61. The maximum atomic E-state index is 4.43. The number of hydrogen-bond donors (Lipinski definition) is 2. The fourth-order valence-electron chi connectivity index (χ4n) is 1.95. The third-order valence-corrected chi connectivity index (χ3v) is 3.99. The zero-order chi connectivity index (χ0) is 16.8. The molecule has 0 amide bonds. The maximum absolute atomic E-state index is 4.43. The van der Waals surface area contributed by atoms with Gasteiger partial charge in [-0.25, -0.2) is 4.98 Å². The number of nitrogens with zero attached hydrogens (tertiary/aromatic N) is 6. The highest BCUT2D eigenvalue weighted by Gasteiger charge is 2.10. The van der Waals surface area contributed by atoms with Gasteiger partial charge in [0.2, 0.25) is 17.1 Å². The Kier molecular flexibility index (Phi) is 5.22. The maximum Gasteiger partial charge on any atom is 0.258 e. The van der Waals surface area contributed by atoms with Crippen LogP contribution in [-0.4, -0.2) is 43.3 Å². The lowest BCUT2D eigenvalue weighted by Gasteiger charge is -2.06. The van der Waals surface area contributed by atoms with E-state index in [1.807, 2.05) is 25.1 Å². The highest BCUT2D eigenvalue weighted by molar-refractivity contribution is 7.98. The van der Waals surface area contributed by atoms with Crippen molar-refractivity contribution in [3.8, 4) is 5.95 Å². The summed E-state index contributed by atoms with van der Waals surface area (Å²) in [5.41, 5.74) is 1.23. The Hall–Kier alpha value is -2.68. The molecule has 24 heavy (non-hydrogen) atoms. The molecule has 9 heteroatoms. The van der Waals surface area contributed by atoms with Crippen molar-refractivity contribution in [3.63, 3.8) is 0 Å². The minimum atomic E-state index is 0.421. The fourth-order valence-corrected chi connectivity index (χ4v) is 2.70. The zero-order valence-electron chi connectivity index (χ0n) is 13.5. The van der Waals surface area contributed by atoms with Gasteiger partial charge in [0.05, 0.1) is 0 Å². The Balaban J connectivity index is 1.76. The van der Waals surface area contributed by atoms with Gasteiger partial charge >= 0.3 is 0 Å². The lowest BCUT2D eigenvalue weighted by atomic mass is 10.2. The van der Waals surface area contributed by atoms with E-state index in [9.17, 15) is 0 Å². The number of nitrogens with one attached hydrogen (secondary N) is 2. The van der Waals surface area contributed by atoms with E-state index >= 15 is 0 Å². The fraction of sp³-hybridized carbons (Fsp3) is 0.267. The molecule has 8 nitrogen and oxygen atoms in total. The standard InChI is InChI=1S/C15H18N8S/c1-3-17-13-19-12(16-2)20-14(21-13)23-10-18-15(22-23)24-9-11-7-5-4-6-8-11/h4-8,10H,3,9H2,1-2H3,(H2,16,17,19,20,21). The molecule has 1 aromatic carbocycles. The Morgan fingerprint density at radius 1 is 1.08 bits per heavy atom. The summed E-state index contributed by atoms with van der Waals surface area (Å²) < 4.78 is 1.55. The van der Waals surface area contributed by atoms with Crippen LogP contribution in [0.3, 0.4) is 0 Å². The van der Waals surface area contributed by atoms with Crippen LogP contribution in [0.25, 0.3) is 5.95 Å². The van der Waals surface area contributed by atoms with E-state index in [0.717, 1.165) is 12.3 Å². The monoisotopic (exact) mass is 342 g/mol. The van der Waals surface area contributed by atoms with Gasteiger partial charge < -0.3 is 10.6 Å². The van der Waals surface area contributed by atoms with Gasteiger partial charge in [0.1, 0.15) is 6.33 Å². The largest absolute Gasteiger partial charge is 0.357 e. The van der Waals surface area contributed by atoms with Crippen molar-refractivity contribution in [2.75, 3.05) is 24.2 Å². The zero-order valence-corrected chi connectivity index (χ0v) is 14.3. The van der Waals surface area contributed by atoms with Gasteiger partial charge in [-0.05, 0) is 12.5 Å². The minimum Gasteiger partial charge on any atom is -0.357 e. The van der Waals surface area contributed by atoms with Crippen LogP contribution in [0.15, 0.2) is 41.8 Å². The molecule has 0 saturated carbocycles. The van der Waals surface area contributed by atoms with Crippen molar-refractivity contribution in [2.45, 2.75) is 17.8 Å². The van der Waals surface area contributed by atoms with Crippen molar-refractivity contribution < 1.29 is 0 Å². The molecule has 0 fully saturated rings. The van der Waals surface area contributed by atoms with Crippen LogP contribution in [-0.2, 0) is 5.75 Å². The van der Waals surface area contributed by atoms with E-state index < -0.39 is 0 Å². The molecule has 124 valence electrons. The van der Waals surface area contributed by atoms with Crippen molar-refractivity contribution in [3.05, 3.63) is 42.2 Å². The molecule has 0 atom stereocenters. The van der Waals surface area contributed by atoms with Crippen molar-refractivity contribution in [1.82, 2.24) is 29.7 Å². The molecule has 3 aromatic rings. The molecule has 0 spiro atoms. The van der Waals surface area contributed by atoms with Gasteiger partial charge in [0, 0.05) is 19.3 Å². The Labute approximate surface area is 144 Å². The number of thioether (sulfide) groups is 1. The molecule has 0 radical (unpaired) electrons. The number of aromatic nitrogens is 6. The summed E-state index contributed by atoms with van der Waals surface area (Å²) in [7, 11) is 1.76. The second-order valence-electron chi connectivity index (χ2n) is 4.81.